The molecule has 0 aliphatic carbocycles. The van der Waals surface area contributed by atoms with Crippen LogP contribution in [0, 0.1) is 0 Å². The zero-order chi connectivity index (χ0) is 20.5. The molecule has 30 heavy (non-hydrogen) atoms. The molecule has 0 saturated carbocycles. The molecule has 5 rings (SSSR count). The van der Waals surface area contributed by atoms with Gasteiger partial charge in [-0.2, -0.15) is 5.10 Å². The van der Waals surface area contributed by atoms with Gasteiger partial charge >= 0.3 is 0 Å². The fraction of sp³-hybridized carbons (Fsp3) is 0.333. The van der Waals surface area contributed by atoms with Gasteiger partial charge < -0.3 is 20.5 Å². The molecule has 9 heteroatoms. The van der Waals surface area contributed by atoms with Gasteiger partial charge in [-0.05, 0) is 31.0 Å². The topological polar surface area (TPSA) is 104 Å². The summed E-state index contributed by atoms with van der Waals surface area (Å²) < 4.78 is 1.83. The maximum atomic E-state index is 12.6. The number of carbonyl (C=O) groups is 1. The van der Waals surface area contributed by atoms with E-state index in [1.807, 2.05) is 48.4 Å². The summed E-state index contributed by atoms with van der Waals surface area (Å²) in [6.07, 6.45) is 7.24. The number of rotatable bonds is 5. The number of nitrogens with one attached hydrogen (secondary N) is 3. The van der Waals surface area contributed by atoms with Crippen molar-refractivity contribution in [3.05, 3.63) is 43.0 Å². The molecule has 0 bridgehead atoms. The van der Waals surface area contributed by atoms with E-state index in [0.717, 1.165) is 59.4 Å². The predicted octanol–water partition coefficient (Wildman–Crippen LogP) is 2.04. The SMILES string of the molecule is Cn1ncc2c(NCC(=O)N[C@@H]3CCCN(c4ncnc5[nH]ccc45)C3)cccc21. The van der Waals surface area contributed by atoms with Gasteiger partial charge in [0, 0.05) is 43.4 Å². The molecule has 3 aromatic heterocycles. The van der Waals surface area contributed by atoms with Crippen LogP contribution in [-0.4, -0.2) is 56.3 Å². The molecule has 4 heterocycles. The summed E-state index contributed by atoms with van der Waals surface area (Å²) in [6, 6.07) is 8.03. The first-order chi connectivity index (χ1) is 14.7. The van der Waals surface area contributed by atoms with E-state index in [0.29, 0.717) is 0 Å². The average Bonchev–Trinajstić information content (AvgIpc) is 3.39. The van der Waals surface area contributed by atoms with Gasteiger partial charge in [0.15, 0.2) is 0 Å². The number of aromatic amines is 1. The van der Waals surface area contributed by atoms with Crippen LogP contribution in [0.2, 0.25) is 0 Å². The number of aryl methyl sites for hydroxylation is 1. The van der Waals surface area contributed by atoms with Gasteiger partial charge in [0.2, 0.25) is 5.91 Å². The molecule has 1 saturated heterocycles. The number of benzene rings is 1. The first kappa shape index (κ1) is 18.4. The lowest BCUT2D eigenvalue weighted by atomic mass is 10.1. The maximum absolute atomic E-state index is 12.6. The summed E-state index contributed by atoms with van der Waals surface area (Å²) in [4.78, 5) is 26.7. The van der Waals surface area contributed by atoms with E-state index in [9.17, 15) is 4.79 Å². The molecule has 0 radical (unpaired) electrons. The van der Waals surface area contributed by atoms with E-state index < -0.39 is 0 Å². The molecule has 1 fully saturated rings. The Balaban J connectivity index is 1.22. The normalized spacial score (nSPS) is 16.8. The number of hydrogen-bond acceptors (Lipinski definition) is 6. The number of anilines is 2. The number of aromatic nitrogens is 5. The van der Waals surface area contributed by atoms with Crippen LogP contribution in [0.5, 0.6) is 0 Å². The zero-order valence-corrected chi connectivity index (χ0v) is 16.8. The van der Waals surface area contributed by atoms with Crippen molar-refractivity contribution in [2.75, 3.05) is 29.9 Å². The molecule has 4 aromatic rings. The standard InChI is InChI=1S/C21H24N8O/c1-28-18-6-2-5-17(16(18)10-26-28)23-11-19(30)27-14-4-3-9-29(12-14)21-15-7-8-22-20(15)24-13-25-21/h2,5-8,10,13-14,23H,3-4,9,11-12H2,1H3,(H,27,30)(H,22,24,25)/t14-/m1/s1. The number of amides is 1. The second-order valence-electron chi connectivity index (χ2n) is 7.65. The van der Waals surface area contributed by atoms with E-state index in [2.05, 4.69) is 35.6 Å². The van der Waals surface area contributed by atoms with Crippen LogP contribution in [0.15, 0.2) is 43.0 Å². The molecular weight excluding hydrogens is 380 g/mol. The van der Waals surface area contributed by atoms with Crippen molar-refractivity contribution in [1.29, 1.82) is 0 Å². The van der Waals surface area contributed by atoms with Gasteiger partial charge in [-0.15, -0.1) is 0 Å². The zero-order valence-electron chi connectivity index (χ0n) is 16.8. The van der Waals surface area contributed by atoms with Crippen molar-refractivity contribution >= 4 is 39.3 Å². The molecule has 1 atom stereocenters. The van der Waals surface area contributed by atoms with Crippen LogP contribution in [0.25, 0.3) is 21.9 Å². The highest BCUT2D eigenvalue weighted by molar-refractivity contribution is 5.93. The molecule has 1 aromatic carbocycles. The van der Waals surface area contributed by atoms with Gasteiger partial charge in [0.05, 0.1) is 23.6 Å². The van der Waals surface area contributed by atoms with Crippen LogP contribution < -0.4 is 15.5 Å². The minimum absolute atomic E-state index is 0.0165. The molecule has 154 valence electrons. The Labute approximate surface area is 173 Å². The lowest BCUT2D eigenvalue weighted by molar-refractivity contribution is -0.120. The van der Waals surface area contributed by atoms with Crippen LogP contribution in [0.3, 0.4) is 0 Å². The second kappa shape index (κ2) is 7.66. The lowest BCUT2D eigenvalue weighted by Crippen LogP contribution is -2.49. The third-order valence-corrected chi connectivity index (χ3v) is 5.65. The van der Waals surface area contributed by atoms with Crippen LogP contribution in [0.1, 0.15) is 12.8 Å². The molecular formula is C21H24N8O. The predicted molar refractivity (Wildman–Crippen MR) is 116 cm³/mol. The van der Waals surface area contributed by atoms with Gasteiger partial charge in [-0.1, -0.05) is 6.07 Å². The Bertz CT molecular complexity index is 1200. The first-order valence-corrected chi connectivity index (χ1v) is 10.2. The molecule has 1 amide bonds. The van der Waals surface area contributed by atoms with Crippen molar-refractivity contribution in [1.82, 2.24) is 30.0 Å². The minimum Gasteiger partial charge on any atom is -0.376 e. The number of hydrogen-bond donors (Lipinski definition) is 3. The molecule has 0 spiro atoms. The Morgan fingerprint density at radius 3 is 3.13 bits per heavy atom. The number of nitrogens with zero attached hydrogens (tertiary/aromatic N) is 5. The number of H-pyrrole nitrogens is 1. The number of carbonyl (C=O) groups excluding carboxylic acids is 1. The van der Waals surface area contributed by atoms with Crippen LogP contribution in [-0.2, 0) is 11.8 Å². The molecule has 0 unspecified atom stereocenters. The summed E-state index contributed by atoms with van der Waals surface area (Å²) in [5, 5.41) is 12.7. The Morgan fingerprint density at radius 1 is 1.27 bits per heavy atom. The molecule has 9 nitrogen and oxygen atoms in total. The van der Waals surface area contributed by atoms with E-state index >= 15 is 0 Å². The largest absolute Gasteiger partial charge is 0.376 e. The smallest absolute Gasteiger partial charge is 0.239 e. The third-order valence-electron chi connectivity index (χ3n) is 5.65. The van der Waals surface area contributed by atoms with E-state index in [-0.39, 0.29) is 18.5 Å². The quantitative estimate of drug-likeness (QED) is 0.470. The van der Waals surface area contributed by atoms with Crippen molar-refractivity contribution in [3.63, 3.8) is 0 Å². The Hall–Kier alpha value is -3.62. The first-order valence-electron chi connectivity index (χ1n) is 10.2. The lowest BCUT2D eigenvalue weighted by Gasteiger charge is -2.34. The highest BCUT2D eigenvalue weighted by atomic mass is 16.2. The van der Waals surface area contributed by atoms with E-state index in [4.69, 9.17) is 0 Å². The Morgan fingerprint density at radius 2 is 2.20 bits per heavy atom. The van der Waals surface area contributed by atoms with Crippen LogP contribution >= 0.6 is 0 Å². The summed E-state index contributed by atoms with van der Waals surface area (Å²) in [5.74, 6) is 0.902. The monoisotopic (exact) mass is 404 g/mol. The van der Waals surface area contributed by atoms with E-state index in [1.165, 1.54) is 0 Å². The fourth-order valence-electron chi connectivity index (χ4n) is 4.18. The van der Waals surface area contributed by atoms with Crippen LogP contribution in [0.4, 0.5) is 11.5 Å². The minimum atomic E-state index is -0.0165. The van der Waals surface area contributed by atoms with Crippen molar-refractivity contribution in [2.24, 2.45) is 7.05 Å². The van der Waals surface area contributed by atoms with Gasteiger partial charge in [-0.3, -0.25) is 9.48 Å². The second-order valence-corrected chi connectivity index (χ2v) is 7.65. The average molecular weight is 404 g/mol. The van der Waals surface area contributed by atoms with Crippen molar-refractivity contribution in [3.8, 4) is 0 Å². The summed E-state index contributed by atoms with van der Waals surface area (Å²) >= 11 is 0. The number of fused-ring (bicyclic) bond motifs is 2. The van der Waals surface area contributed by atoms with E-state index in [1.54, 1.807) is 6.33 Å². The maximum Gasteiger partial charge on any atom is 0.239 e. The highest BCUT2D eigenvalue weighted by Gasteiger charge is 2.24. The van der Waals surface area contributed by atoms with Gasteiger partial charge in [-0.25, -0.2) is 9.97 Å². The molecule has 3 N–H and O–H groups in total. The van der Waals surface area contributed by atoms with Crippen molar-refractivity contribution in [2.45, 2.75) is 18.9 Å². The van der Waals surface area contributed by atoms with Crippen molar-refractivity contribution < 1.29 is 4.79 Å². The molecule has 1 aliphatic heterocycles. The van der Waals surface area contributed by atoms with Gasteiger partial charge in [0.1, 0.15) is 17.8 Å². The fourth-order valence-corrected chi connectivity index (χ4v) is 4.18. The number of piperidine rings is 1. The summed E-state index contributed by atoms with van der Waals surface area (Å²) in [7, 11) is 1.91. The van der Waals surface area contributed by atoms with Gasteiger partial charge in [0.25, 0.3) is 0 Å². The molecule has 1 aliphatic rings. The third kappa shape index (κ3) is 3.42. The highest BCUT2D eigenvalue weighted by Crippen LogP contribution is 2.25. The summed E-state index contributed by atoms with van der Waals surface area (Å²) in [5.41, 5.74) is 2.78. The Kier molecular flexibility index (Phi) is 4.70. The summed E-state index contributed by atoms with van der Waals surface area (Å²) in [6.45, 7) is 1.88.